The Balaban J connectivity index is 0.000000236. The second kappa shape index (κ2) is 15.2. The molecule has 0 unspecified atom stereocenters. The van der Waals surface area contributed by atoms with Gasteiger partial charge in [0.1, 0.15) is 0 Å². The molecule has 5 rings (SSSR count). The fourth-order valence-corrected chi connectivity index (χ4v) is 5.11. The Kier molecular flexibility index (Phi) is 10.9. The number of carboxylic acids is 1. The summed E-state index contributed by atoms with van der Waals surface area (Å²) in [4.78, 5) is 33.4. The number of nitro benzene ring substituents is 2. The van der Waals surface area contributed by atoms with E-state index in [1.807, 2.05) is 0 Å². The van der Waals surface area contributed by atoms with Gasteiger partial charge >= 0.3 is 5.97 Å². The van der Waals surface area contributed by atoms with Gasteiger partial charge in [0.25, 0.3) is 11.4 Å². The summed E-state index contributed by atoms with van der Waals surface area (Å²) in [5.74, 6) is -3.11. The van der Waals surface area contributed by atoms with Crippen molar-refractivity contribution >= 4 is 23.4 Å². The summed E-state index contributed by atoms with van der Waals surface area (Å²) in [6.45, 7) is 5.74. The van der Waals surface area contributed by atoms with Crippen LogP contribution in [-0.4, -0.2) is 58.5 Å². The minimum absolute atomic E-state index is 0.351. The number of rotatable bonds is 9. The lowest BCUT2D eigenvalue weighted by atomic mass is 9.96. The Morgan fingerprint density at radius 2 is 1.36 bits per heavy atom. The van der Waals surface area contributed by atoms with Crippen LogP contribution in [0.2, 0.25) is 0 Å². The second-order valence-electron chi connectivity index (χ2n) is 10.2. The number of carbonyl (C=O) groups is 1. The van der Waals surface area contributed by atoms with Crippen molar-refractivity contribution in [2.45, 2.75) is 6.04 Å². The van der Waals surface area contributed by atoms with E-state index in [0.29, 0.717) is 18.2 Å². The molecule has 0 saturated carbocycles. The number of hydrogen-bond acceptors (Lipinski definition) is 7. The van der Waals surface area contributed by atoms with E-state index in [4.69, 9.17) is 5.11 Å². The van der Waals surface area contributed by atoms with Gasteiger partial charge in [-0.15, -0.1) is 0 Å². The predicted molar refractivity (Wildman–Crippen MR) is 163 cm³/mol. The van der Waals surface area contributed by atoms with Crippen LogP contribution in [0.1, 0.15) is 33.1 Å². The van der Waals surface area contributed by atoms with Crippen LogP contribution in [0.25, 0.3) is 6.08 Å². The minimum atomic E-state index is -1.75. The summed E-state index contributed by atoms with van der Waals surface area (Å²) < 4.78 is 0. The van der Waals surface area contributed by atoms with Gasteiger partial charge in [0.2, 0.25) is 0 Å². The van der Waals surface area contributed by atoms with Crippen LogP contribution in [0.3, 0.4) is 0 Å². The lowest BCUT2D eigenvalue weighted by Gasteiger charge is -2.37. The molecule has 0 aliphatic carbocycles. The van der Waals surface area contributed by atoms with E-state index >= 15 is 0 Å². The Morgan fingerprint density at radius 1 is 0.841 bits per heavy atom. The number of quaternary nitrogens is 1. The highest BCUT2D eigenvalue weighted by atomic mass is 16.6. The number of carboxylic acid groups (broad SMARTS) is 1. The highest BCUT2D eigenvalue weighted by Crippen LogP contribution is 2.32. The number of non-ortho nitro benzene ring substituents is 1. The molecule has 44 heavy (non-hydrogen) atoms. The molecule has 11 heteroatoms. The maximum absolute atomic E-state index is 11.2. The Labute approximate surface area is 254 Å². The maximum atomic E-state index is 11.2. The van der Waals surface area contributed by atoms with E-state index in [9.17, 15) is 30.1 Å². The average Bonchev–Trinajstić information content (AvgIpc) is 3.03. The summed E-state index contributed by atoms with van der Waals surface area (Å²) in [5, 5.41) is 40.4. The van der Waals surface area contributed by atoms with Crippen LogP contribution in [-0.2, 0) is 0 Å². The second-order valence-corrected chi connectivity index (χ2v) is 10.2. The molecule has 0 bridgehead atoms. The topological polar surface area (TPSA) is 154 Å². The lowest BCUT2D eigenvalue weighted by Crippen LogP contribution is -3.14. The first kappa shape index (κ1) is 31.5. The van der Waals surface area contributed by atoms with Gasteiger partial charge in [0.15, 0.2) is 0 Å². The summed E-state index contributed by atoms with van der Waals surface area (Å²) in [6.07, 6.45) is 4.57. The van der Waals surface area contributed by atoms with Gasteiger partial charge in [0, 0.05) is 19.2 Å². The molecule has 4 aromatic carbocycles. The fraction of sp³-hybridized carbons (Fsp3) is 0.182. The Bertz CT molecular complexity index is 1520. The van der Waals surface area contributed by atoms with E-state index in [1.165, 1.54) is 29.8 Å². The number of piperazine rings is 1. The molecule has 1 saturated heterocycles. The Hall–Kier alpha value is -5.39. The molecule has 1 aliphatic rings. The van der Waals surface area contributed by atoms with Crippen LogP contribution < -0.4 is 10.0 Å². The third kappa shape index (κ3) is 8.34. The zero-order chi connectivity index (χ0) is 31.5. The largest absolute Gasteiger partial charge is 0.867 e. The van der Waals surface area contributed by atoms with Crippen LogP contribution >= 0.6 is 0 Å². The molecule has 4 aromatic rings. The molecular weight excluding hydrogens is 564 g/mol. The van der Waals surface area contributed by atoms with Crippen LogP contribution in [0.5, 0.6) is 5.75 Å². The zero-order valence-corrected chi connectivity index (χ0v) is 23.8. The fourth-order valence-electron chi connectivity index (χ4n) is 5.11. The van der Waals surface area contributed by atoms with Gasteiger partial charge < -0.3 is 15.1 Å². The Morgan fingerprint density at radius 3 is 1.84 bits per heavy atom. The standard InChI is InChI=1S/C26H28N2.C7H4N2O7/c1-4-11-23(12-5-1)13-10-18-27-19-21-28(22-20-27)26(24-14-6-2-7-15-24)25-16-8-3-9-17-25;10-6-4(7(11)12)1-3(8(13)14)2-5(6)9(15)16/h1-17,26H,18-22H2;1-2,10H,(H,11,12)/b13-10+;. The van der Waals surface area contributed by atoms with E-state index in [-0.39, 0.29) is 0 Å². The summed E-state index contributed by atoms with van der Waals surface area (Å²) >= 11 is 0. The summed E-state index contributed by atoms with van der Waals surface area (Å²) in [7, 11) is 0. The van der Waals surface area contributed by atoms with E-state index in [1.54, 1.807) is 4.90 Å². The first-order valence-corrected chi connectivity index (χ1v) is 14.0. The van der Waals surface area contributed by atoms with Gasteiger partial charge in [-0.25, -0.2) is 4.79 Å². The van der Waals surface area contributed by atoms with Crippen molar-refractivity contribution in [2.24, 2.45) is 0 Å². The van der Waals surface area contributed by atoms with Crippen molar-refractivity contribution in [1.29, 1.82) is 0 Å². The normalized spacial score (nSPS) is 13.8. The van der Waals surface area contributed by atoms with Crippen molar-refractivity contribution in [2.75, 3.05) is 32.7 Å². The van der Waals surface area contributed by atoms with Gasteiger partial charge in [-0.3, -0.25) is 25.1 Å². The summed E-state index contributed by atoms with van der Waals surface area (Å²) in [6, 6.07) is 33.7. The lowest BCUT2D eigenvalue weighted by molar-refractivity contribution is -0.898. The monoisotopic (exact) mass is 596 g/mol. The van der Waals surface area contributed by atoms with Crippen molar-refractivity contribution in [1.82, 2.24) is 4.90 Å². The van der Waals surface area contributed by atoms with E-state index < -0.39 is 38.5 Å². The highest BCUT2D eigenvalue weighted by Gasteiger charge is 2.27. The molecule has 0 spiro atoms. The number of hydrogen-bond donors (Lipinski definition) is 2. The molecule has 11 nitrogen and oxygen atoms in total. The average molecular weight is 597 g/mol. The molecule has 1 fully saturated rings. The molecule has 1 aliphatic heterocycles. The van der Waals surface area contributed by atoms with Gasteiger partial charge in [0.05, 0.1) is 47.2 Å². The molecule has 0 radical (unpaired) electrons. The van der Waals surface area contributed by atoms with E-state index in [0.717, 1.165) is 19.6 Å². The first-order chi connectivity index (χ1) is 21.2. The zero-order valence-electron chi connectivity index (χ0n) is 23.8. The molecule has 226 valence electrons. The highest BCUT2D eigenvalue weighted by molar-refractivity contribution is 5.93. The van der Waals surface area contributed by atoms with Gasteiger partial charge in [-0.2, -0.15) is 0 Å². The third-order valence-electron chi connectivity index (χ3n) is 7.31. The van der Waals surface area contributed by atoms with Crippen LogP contribution in [0, 0.1) is 20.2 Å². The number of benzene rings is 4. The molecule has 1 heterocycles. The molecule has 0 aromatic heterocycles. The predicted octanol–water partition coefficient (Wildman–Crippen LogP) is 3.96. The number of nitro groups is 2. The first-order valence-electron chi connectivity index (χ1n) is 14.0. The van der Waals surface area contributed by atoms with Crippen molar-refractivity contribution < 1.29 is 29.8 Å². The SMILES string of the molecule is C(=C\c1ccccc1)/C[NH+]1CCN(C(c2ccccc2)c2ccccc2)CC1.O=C(O)c1cc([N+](=O)[O-])cc([N+](=O)[O-])c1[O-]. The third-order valence-corrected chi connectivity index (χ3v) is 7.31. The maximum Gasteiger partial charge on any atom is 0.335 e. The molecule has 2 N–H and O–H groups in total. The van der Waals surface area contributed by atoms with E-state index in [2.05, 4.69) is 108 Å². The number of nitrogens with one attached hydrogen (secondary N) is 1. The van der Waals surface area contributed by atoms with Crippen molar-refractivity contribution in [3.8, 4) is 5.75 Å². The summed E-state index contributed by atoms with van der Waals surface area (Å²) in [5.41, 5.74) is 1.12. The molecule has 0 amide bonds. The van der Waals surface area contributed by atoms with Crippen LogP contribution in [0.15, 0.2) is 109 Å². The molecular formula is C33H32N4O7. The van der Waals surface area contributed by atoms with Crippen molar-refractivity contribution in [3.63, 3.8) is 0 Å². The number of aromatic carboxylic acids is 1. The van der Waals surface area contributed by atoms with Gasteiger partial charge in [-0.05, 0) is 28.5 Å². The quantitative estimate of drug-likeness (QED) is 0.217. The van der Waals surface area contributed by atoms with Gasteiger partial charge in [-0.1, -0.05) is 97.1 Å². The molecule has 0 atom stereocenters. The van der Waals surface area contributed by atoms with Crippen molar-refractivity contribution in [3.05, 3.63) is 152 Å². The number of nitrogens with zero attached hydrogens (tertiary/aromatic N) is 3. The minimum Gasteiger partial charge on any atom is -0.867 e. The smallest absolute Gasteiger partial charge is 0.335 e. The van der Waals surface area contributed by atoms with Crippen LogP contribution in [0.4, 0.5) is 11.4 Å².